The van der Waals surface area contributed by atoms with E-state index in [0.29, 0.717) is 16.7 Å². The number of Topliss-reactive ketones (excluding diaryl/α,β-unsaturated/α-hetero) is 1. The van der Waals surface area contributed by atoms with Crippen LogP contribution < -0.4 is 5.73 Å². The van der Waals surface area contributed by atoms with Crippen molar-refractivity contribution in [3.63, 3.8) is 0 Å². The monoisotopic (exact) mass is 243 g/mol. The van der Waals surface area contributed by atoms with Crippen LogP contribution in [0.25, 0.3) is 21.9 Å². The Morgan fingerprint density at radius 3 is 2.61 bits per heavy atom. The van der Waals surface area contributed by atoms with E-state index in [-0.39, 0.29) is 12.3 Å². The van der Waals surface area contributed by atoms with Gasteiger partial charge in [-0.3, -0.25) is 4.79 Å². The number of fused-ring (bicyclic) bond motifs is 2. The summed E-state index contributed by atoms with van der Waals surface area (Å²) in [4.78, 5) is 12.0. The molecule has 0 saturated carbocycles. The van der Waals surface area contributed by atoms with Gasteiger partial charge in [-0.1, -0.05) is 0 Å². The maximum Gasteiger partial charge on any atom is 0.180 e. The molecule has 0 aliphatic heterocycles. The van der Waals surface area contributed by atoms with Gasteiger partial charge in [-0.25, -0.2) is 0 Å². The highest BCUT2D eigenvalue weighted by Crippen LogP contribution is 2.32. The van der Waals surface area contributed by atoms with E-state index >= 15 is 0 Å². The lowest BCUT2D eigenvalue weighted by molar-refractivity contribution is 0.100. The first-order valence-electron chi connectivity index (χ1n) is 5.76. The number of carbonyl (C=O) groups excluding carboxylic acids is 1. The van der Waals surface area contributed by atoms with E-state index in [2.05, 4.69) is 0 Å². The molecule has 2 N–H and O–H groups in total. The summed E-state index contributed by atoms with van der Waals surface area (Å²) in [7, 11) is 0. The van der Waals surface area contributed by atoms with Gasteiger partial charge in [0.25, 0.3) is 0 Å². The standard InChI is InChI=1S/C14H13NO3/c1-7-3-9-5-12-10(4-8(2)17-12)13(11(16)6-15)14(9)18-7/h3-5H,6,15H2,1-2H3. The van der Waals surface area contributed by atoms with Crippen molar-refractivity contribution in [2.75, 3.05) is 6.54 Å². The summed E-state index contributed by atoms with van der Waals surface area (Å²) in [5, 5.41) is 1.64. The lowest BCUT2D eigenvalue weighted by Gasteiger charge is -2.01. The minimum Gasteiger partial charge on any atom is -0.461 e. The van der Waals surface area contributed by atoms with Crippen LogP contribution in [0.1, 0.15) is 21.9 Å². The van der Waals surface area contributed by atoms with Gasteiger partial charge in [0.2, 0.25) is 0 Å². The second-order valence-electron chi connectivity index (χ2n) is 4.42. The molecule has 18 heavy (non-hydrogen) atoms. The third-order valence-electron chi connectivity index (χ3n) is 3.02. The Morgan fingerprint density at radius 2 is 1.89 bits per heavy atom. The van der Waals surface area contributed by atoms with E-state index in [1.165, 1.54) is 0 Å². The zero-order chi connectivity index (χ0) is 12.9. The SMILES string of the molecule is Cc1cc2c(C(=O)CN)c3oc(C)cc3cc2o1. The van der Waals surface area contributed by atoms with Crippen LogP contribution in [-0.4, -0.2) is 12.3 Å². The van der Waals surface area contributed by atoms with Crippen LogP contribution >= 0.6 is 0 Å². The molecular formula is C14H13NO3. The lowest BCUT2D eigenvalue weighted by Crippen LogP contribution is -2.14. The molecule has 0 fully saturated rings. The molecule has 4 heteroatoms. The highest BCUT2D eigenvalue weighted by atomic mass is 16.3. The Kier molecular flexibility index (Phi) is 2.28. The maximum absolute atomic E-state index is 12.0. The molecule has 0 aliphatic rings. The van der Waals surface area contributed by atoms with Gasteiger partial charge in [0.15, 0.2) is 5.78 Å². The summed E-state index contributed by atoms with van der Waals surface area (Å²) in [6.45, 7) is 3.66. The van der Waals surface area contributed by atoms with Gasteiger partial charge in [0.1, 0.15) is 22.7 Å². The minimum absolute atomic E-state index is 0.0435. The second-order valence-corrected chi connectivity index (χ2v) is 4.42. The molecule has 3 rings (SSSR count). The summed E-state index contributed by atoms with van der Waals surface area (Å²) in [5.74, 6) is 1.39. The molecule has 0 amide bonds. The largest absolute Gasteiger partial charge is 0.461 e. The average molecular weight is 243 g/mol. The van der Waals surface area contributed by atoms with Crippen LogP contribution in [0.15, 0.2) is 27.0 Å². The number of aryl methyl sites for hydroxylation is 2. The van der Waals surface area contributed by atoms with E-state index < -0.39 is 0 Å². The number of furan rings is 2. The fourth-order valence-corrected chi connectivity index (χ4v) is 2.31. The number of benzene rings is 1. The fraction of sp³-hybridized carbons (Fsp3) is 0.214. The van der Waals surface area contributed by atoms with Crippen LogP contribution in [0.5, 0.6) is 0 Å². The predicted molar refractivity (Wildman–Crippen MR) is 68.8 cm³/mol. The van der Waals surface area contributed by atoms with Crippen LogP contribution in [0.2, 0.25) is 0 Å². The molecule has 3 aromatic rings. The van der Waals surface area contributed by atoms with Crippen molar-refractivity contribution in [3.8, 4) is 0 Å². The topological polar surface area (TPSA) is 69.4 Å². The highest BCUT2D eigenvalue weighted by molar-refractivity contribution is 6.17. The molecule has 92 valence electrons. The third kappa shape index (κ3) is 1.46. The van der Waals surface area contributed by atoms with Crippen molar-refractivity contribution in [1.29, 1.82) is 0 Å². The Bertz CT molecular complexity index is 709. The van der Waals surface area contributed by atoms with Gasteiger partial charge in [-0.05, 0) is 32.0 Å². The van der Waals surface area contributed by atoms with Gasteiger partial charge in [-0.2, -0.15) is 0 Å². The van der Waals surface area contributed by atoms with Gasteiger partial charge >= 0.3 is 0 Å². The number of nitrogens with two attached hydrogens (primary N) is 1. The lowest BCUT2D eigenvalue weighted by atomic mass is 10.0. The summed E-state index contributed by atoms with van der Waals surface area (Å²) in [6.07, 6.45) is 0. The summed E-state index contributed by atoms with van der Waals surface area (Å²) >= 11 is 0. The van der Waals surface area contributed by atoms with Crippen molar-refractivity contribution in [3.05, 3.63) is 35.3 Å². The van der Waals surface area contributed by atoms with Crippen LogP contribution in [-0.2, 0) is 0 Å². The number of hydrogen-bond donors (Lipinski definition) is 1. The Balaban J connectivity index is 2.51. The van der Waals surface area contributed by atoms with Crippen LogP contribution in [0, 0.1) is 13.8 Å². The van der Waals surface area contributed by atoms with Crippen molar-refractivity contribution < 1.29 is 13.6 Å². The Hall–Kier alpha value is -2.07. The number of ketones is 1. The molecule has 1 aromatic carbocycles. The molecule has 4 nitrogen and oxygen atoms in total. The minimum atomic E-state index is -0.138. The first kappa shape index (κ1) is 11.0. The Morgan fingerprint density at radius 1 is 1.17 bits per heavy atom. The normalized spacial score (nSPS) is 11.5. The molecule has 0 saturated heterocycles. The smallest absolute Gasteiger partial charge is 0.180 e. The fourth-order valence-electron chi connectivity index (χ4n) is 2.31. The molecule has 0 spiro atoms. The molecule has 0 radical (unpaired) electrons. The predicted octanol–water partition coefficient (Wildman–Crippen LogP) is 2.94. The van der Waals surface area contributed by atoms with Crippen molar-refractivity contribution >= 4 is 27.7 Å². The van der Waals surface area contributed by atoms with Crippen LogP contribution in [0.4, 0.5) is 0 Å². The number of carbonyl (C=O) groups is 1. The molecule has 0 bridgehead atoms. The molecule has 2 heterocycles. The van der Waals surface area contributed by atoms with E-state index in [1.54, 1.807) is 0 Å². The maximum atomic E-state index is 12.0. The quantitative estimate of drug-likeness (QED) is 0.702. The summed E-state index contributed by atoms with van der Waals surface area (Å²) < 4.78 is 11.2. The van der Waals surface area contributed by atoms with E-state index in [9.17, 15) is 4.79 Å². The van der Waals surface area contributed by atoms with E-state index in [1.807, 2.05) is 32.0 Å². The average Bonchev–Trinajstić information content (AvgIpc) is 2.85. The van der Waals surface area contributed by atoms with Gasteiger partial charge in [-0.15, -0.1) is 0 Å². The first-order valence-corrected chi connectivity index (χ1v) is 5.76. The summed E-state index contributed by atoms with van der Waals surface area (Å²) in [6, 6.07) is 5.62. The van der Waals surface area contributed by atoms with Crippen molar-refractivity contribution in [2.45, 2.75) is 13.8 Å². The highest BCUT2D eigenvalue weighted by Gasteiger charge is 2.19. The van der Waals surface area contributed by atoms with E-state index in [0.717, 1.165) is 22.3 Å². The van der Waals surface area contributed by atoms with E-state index in [4.69, 9.17) is 14.6 Å². The molecule has 0 unspecified atom stereocenters. The zero-order valence-electron chi connectivity index (χ0n) is 10.2. The number of hydrogen-bond acceptors (Lipinski definition) is 4. The zero-order valence-corrected chi connectivity index (χ0v) is 10.2. The molecule has 2 aromatic heterocycles. The molecule has 0 aliphatic carbocycles. The molecule has 0 atom stereocenters. The first-order chi connectivity index (χ1) is 8.60. The van der Waals surface area contributed by atoms with Crippen molar-refractivity contribution in [2.24, 2.45) is 5.73 Å². The van der Waals surface area contributed by atoms with Gasteiger partial charge in [0, 0.05) is 10.8 Å². The second kappa shape index (κ2) is 3.71. The summed E-state index contributed by atoms with van der Waals surface area (Å²) in [5.41, 5.74) is 7.29. The van der Waals surface area contributed by atoms with Gasteiger partial charge < -0.3 is 14.6 Å². The van der Waals surface area contributed by atoms with Crippen LogP contribution in [0.3, 0.4) is 0 Å². The Labute approximate surface area is 103 Å². The number of rotatable bonds is 2. The molecular weight excluding hydrogens is 230 g/mol. The van der Waals surface area contributed by atoms with Crippen molar-refractivity contribution in [1.82, 2.24) is 0 Å². The third-order valence-corrected chi connectivity index (χ3v) is 3.02. The van der Waals surface area contributed by atoms with Gasteiger partial charge in [0.05, 0.1) is 12.1 Å².